The lowest BCUT2D eigenvalue weighted by atomic mass is 10.1. The molecule has 1 nitrogen and oxygen atoms in total. The van der Waals surface area contributed by atoms with Crippen LogP contribution in [-0.4, -0.2) is 24.1 Å². The molecule has 0 saturated heterocycles. The number of rotatable bonds is 9. The summed E-state index contributed by atoms with van der Waals surface area (Å²) in [4.78, 5) is 0. The number of thioether (sulfide) groups is 1. The van der Waals surface area contributed by atoms with Crippen LogP contribution in [-0.2, 0) is 0 Å². The zero-order valence-corrected chi connectivity index (χ0v) is 10.3. The molecule has 0 amide bonds. The molecule has 2 heteroatoms. The second-order valence-electron chi connectivity index (χ2n) is 3.41. The van der Waals surface area contributed by atoms with Crippen molar-refractivity contribution in [3.05, 3.63) is 0 Å². The fraction of sp³-hybridized carbons (Fsp3) is 1.00. The van der Waals surface area contributed by atoms with Crippen molar-refractivity contribution in [2.75, 3.05) is 18.1 Å². The molecule has 1 atom stereocenters. The zero-order valence-electron chi connectivity index (χ0n) is 9.44. The third kappa shape index (κ3) is 8.63. The van der Waals surface area contributed by atoms with Gasteiger partial charge in [-0.3, -0.25) is 0 Å². The molecule has 0 aromatic rings. The SMILES string of the molecule is CCCCCC(CSCC)NCC. The molecule has 0 bridgehead atoms. The largest absolute Gasteiger partial charge is 0.313 e. The Morgan fingerprint density at radius 2 is 1.92 bits per heavy atom. The van der Waals surface area contributed by atoms with Gasteiger partial charge < -0.3 is 5.32 Å². The van der Waals surface area contributed by atoms with E-state index in [0.717, 1.165) is 12.6 Å². The minimum Gasteiger partial charge on any atom is -0.313 e. The fourth-order valence-corrected chi connectivity index (χ4v) is 2.24. The maximum atomic E-state index is 3.56. The van der Waals surface area contributed by atoms with Crippen molar-refractivity contribution >= 4 is 11.8 Å². The van der Waals surface area contributed by atoms with Crippen LogP contribution in [0.2, 0.25) is 0 Å². The Bertz CT molecular complexity index is 96.1. The van der Waals surface area contributed by atoms with Crippen molar-refractivity contribution in [2.45, 2.75) is 52.5 Å². The summed E-state index contributed by atoms with van der Waals surface area (Å²) >= 11 is 2.05. The average molecular weight is 203 g/mol. The number of hydrogen-bond donors (Lipinski definition) is 1. The van der Waals surface area contributed by atoms with Gasteiger partial charge in [-0.25, -0.2) is 0 Å². The molecule has 0 saturated carbocycles. The molecule has 1 unspecified atom stereocenters. The molecule has 0 aliphatic rings. The van der Waals surface area contributed by atoms with Crippen LogP contribution in [0.3, 0.4) is 0 Å². The Labute approximate surface area is 88.1 Å². The first-order valence-electron chi connectivity index (χ1n) is 5.66. The lowest BCUT2D eigenvalue weighted by Crippen LogP contribution is -2.31. The summed E-state index contributed by atoms with van der Waals surface area (Å²) in [6, 6.07) is 0.751. The zero-order chi connectivity index (χ0) is 9.94. The van der Waals surface area contributed by atoms with Crippen LogP contribution >= 0.6 is 11.8 Å². The van der Waals surface area contributed by atoms with Crippen LogP contribution in [0, 0.1) is 0 Å². The van der Waals surface area contributed by atoms with E-state index in [1.54, 1.807) is 0 Å². The van der Waals surface area contributed by atoms with Crippen molar-refractivity contribution in [2.24, 2.45) is 0 Å². The van der Waals surface area contributed by atoms with Crippen LogP contribution in [0.5, 0.6) is 0 Å². The summed E-state index contributed by atoms with van der Waals surface area (Å²) in [7, 11) is 0. The average Bonchev–Trinajstić information content (AvgIpc) is 2.14. The van der Waals surface area contributed by atoms with E-state index in [-0.39, 0.29) is 0 Å². The number of hydrogen-bond acceptors (Lipinski definition) is 2. The fourth-order valence-electron chi connectivity index (χ4n) is 1.43. The first kappa shape index (κ1) is 13.3. The first-order valence-corrected chi connectivity index (χ1v) is 6.81. The van der Waals surface area contributed by atoms with E-state index in [4.69, 9.17) is 0 Å². The quantitative estimate of drug-likeness (QED) is 0.577. The van der Waals surface area contributed by atoms with Gasteiger partial charge in [-0.2, -0.15) is 11.8 Å². The lowest BCUT2D eigenvalue weighted by molar-refractivity contribution is 0.506. The molecule has 0 radical (unpaired) electrons. The van der Waals surface area contributed by atoms with Crippen molar-refractivity contribution in [1.82, 2.24) is 5.32 Å². The van der Waals surface area contributed by atoms with Crippen molar-refractivity contribution in [3.63, 3.8) is 0 Å². The Morgan fingerprint density at radius 3 is 2.46 bits per heavy atom. The maximum absolute atomic E-state index is 3.56. The van der Waals surface area contributed by atoms with Crippen molar-refractivity contribution in [1.29, 1.82) is 0 Å². The highest BCUT2D eigenvalue weighted by Gasteiger charge is 2.05. The lowest BCUT2D eigenvalue weighted by Gasteiger charge is -2.16. The molecule has 0 aliphatic carbocycles. The van der Waals surface area contributed by atoms with Gasteiger partial charge in [-0.15, -0.1) is 0 Å². The van der Waals surface area contributed by atoms with Crippen LogP contribution in [0.1, 0.15) is 46.5 Å². The molecular formula is C11H25NS. The standard InChI is InChI=1S/C11H25NS/c1-4-7-8-9-11(12-5-2)10-13-6-3/h11-12H,4-10H2,1-3H3. The highest BCUT2D eigenvalue weighted by Crippen LogP contribution is 2.09. The van der Waals surface area contributed by atoms with Gasteiger partial charge in [-0.1, -0.05) is 40.0 Å². The van der Waals surface area contributed by atoms with Gasteiger partial charge in [0, 0.05) is 11.8 Å². The smallest absolute Gasteiger partial charge is 0.0158 e. The minimum atomic E-state index is 0.751. The van der Waals surface area contributed by atoms with E-state index in [1.807, 2.05) is 0 Å². The van der Waals surface area contributed by atoms with E-state index in [2.05, 4.69) is 37.8 Å². The van der Waals surface area contributed by atoms with E-state index in [0.29, 0.717) is 0 Å². The predicted molar refractivity (Wildman–Crippen MR) is 64.6 cm³/mol. The highest BCUT2D eigenvalue weighted by molar-refractivity contribution is 7.99. The summed E-state index contributed by atoms with van der Waals surface area (Å²) in [5, 5.41) is 3.56. The monoisotopic (exact) mass is 203 g/mol. The van der Waals surface area contributed by atoms with Gasteiger partial charge in [0.05, 0.1) is 0 Å². The van der Waals surface area contributed by atoms with Gasteiger partial charge in [0.2, 0.25) is 0 Å². The summed E-state index contributed by atoms with van der Waals surface area (Å²) in [5.74, 6) is 2.53. The van der Waals surface area contributed by atoms with E-state index >= 15 is 0 Å². The number of unbranched alkanes of at least 4 members (excludes halogenated alkanes) is 2. The molecule has 13 heavy (non-hydrogen) atoms. The molecule has 0 rings (SSSR count). The molecule has 0 aliphatic heterocycles. The predicted octanol–water partition coefficient (Wildman–Crippen LogP) is 3.30. The summed E-state index contributed by atoms with van der Waals surface area (Å²) in [6.45, 7) is 7.81. The van der Waals surface area contributed by atoms with Crippen molar-refractivity contribution in [3.8, 4) is 0 Å². The van der Waals surface area contributed by atoms with Gasteiger partial charge in [0.25, 0.3) is 0 Å². The van der Waals surface area contributed by atoms with Gasteiger partial charge >= 0.3 is 0 Å². The van der Waals surface area contributed by atoms with Crippen LogP contribution in [0.4, 0.5) is 0 Å². The first-order chi connectivity index (χ1) is 6.35. The second-order valence-corrected chi connectivity index (χ2v) is 4.73. The highest BCUT2D eigenvalue weighted by atomic mass is 32.2. The molecule has 0 aromatic carbocycles. The van der Waals surface area contributed by atoms with Crippen molar-refractivity contribution < 1.29 is 0 Å². The molecule has 1 N–H and O–H groups in total. The van der Waals surface area contributed by atoms with E-state index < -0.39 is 0 Å². The third-order valence-electron chi connectivity index (χ3n) is 2.17. The van der Waals surface area contributed by atoms with E-state index in [1.165, 1.54) is 37.2 Å². The minimum absolute atomic E-state index is 0.751. The summed E-state index contributed by atoms with van der Waals surface area (Å²) in [5.41, 5.74) is 0. The van der Waals surface area contributed by atoms with Crippen LogP contribution < -0.4 is 5.32 Å². The summed E-state index contributed by atoms with van der Waals surface area (Å²) in [6.07, 6.45) is 5.46. The molecular weight excluding hydrogens is 178 g/mol. The maximum Gasteiger partial charge on any atom is 0.0158 e. The number of nitrogens with one attached hydrogen (secondary N) is 1. The van der Waals surface area contributed by atoms with Gasteiger partial charge in [0.1, 0.15) is 0 Å². The Hall–Kier alpha value is 0.310. The molecule has 0 fully saturated rings. The topological polar surface area (TPSA) is 12.0 Å². The Kier molecular flexibility index (Phi) is 10.6. The van der Waals surface area contributed by atoms with Crippen LogP contribution in [0.15, 0.2) is 0 Å². The molecule has 0 heterocycles. The summed E-state index contributed by atoms with van der Waals surface area (Å²) < 4.78 is 0. The third-order valence-corrected chi connectivity index (χ3v) is 3.22. The van der Waals surface area contributed by atoms with Crippen LogP contribution in [0.25, 0.3) is 0 Å². The molecule has 0 aromatic heterocycles. The Balaban J connectivity index is 3.41. The second kappa shape index (κ2) is 10.4. The Morgan fingerprint density at radius 1 is 1.15 bits per heavy atom. The molecule has 80 valence electrons. The van der Waals surface area contributed by atoms with Gasteiger partial charge in [0.15, 0.2) is 0 Å². The molecule has 0 spiro atoms. The normalized spacial score (nSPS) is 13.2. The van der Waals surface area contributed by atoms with Gasteiger partial charge in [-0.05, 0) is 18.7 Å². The van der Waals surface area contributed by atoms with E-state index in [9.17, 15) is 0 Å².